The van der Waals surface area contributed by atoms with Crippen molar-refractivity contribution >= 4 is 40.1 Å². The SMILES string of the molecule is Cc1cc(OCCCC(=O)OCC(=O)Nc2c(C#N)oc3ccccc23)ccc1Cl. The Morgan fingerprint density at radius 3 is 2.80 bits per heavy atom. The van der Waals surface area contributed by atoms with Gasteiger partial charge in [-0.1, -0.05) is 23.7 Å². The Labute approximate surface area is 178 Å². The Bertz CT molecular complexity index is 1120. The van der Waals surface area contributed by atoms with Gasteiger partial charge in [0.05, 0.1) is 6.61 Å². The summed E-state index contributed by atoms with van der Waals surface area (Å²) in [6.45, 7) is 1.75. The van der Waals surface area contributed by atoms with Crippen molar-refractivity contribution in [2.24, 2.45) is 0 Å². The molecule has 1 amide bonds. The molecule has 3 aromatic rings. The predicted octanol–water partition coefficient (Wildman–Crippen LogP) is 4.61. The number of benzene rings is 2. The number of rotatable bonds is 8. The molecular formula is C22H19ClN2O5. The van der Waals surface area contributed by atoms with E-state index in [0.717, 1.165) is 5.56 Å². The first-order valence-corrected chi connectivity index (χ1v) is 9.62. The Morgan fingerprint density at radius 2 is 2.03 bits per heavy atom. The lowest BCUT2D eigenvalue weighted by Crippen LogP contribution is -2.21. The molecule has 1 aromatic heterocycles. The number of hydrogen-bond donors (Lipinski definition) is 1. The second-order valence-corrected chi connectivity index (χ2v) is 6.89. The van der Waals surface area contributed by atoms with Gasteiger partial charge in [0.2, 0.25) is 5.76 Å². The van der Waals surface area contributed by atoms with E-state index in [9.17, 15) is 14.9 Å². The highest BCUT2D eigenvalue weighted by molar-refractivity contribution is 6.31. The summed E-state index contributed by atoms with van der Waals surface area (Å²) in [6, 6.07) is 14.2. The molecule has 0 fully saturated rings. The average molecular weight is 427 g/mol. The van der Waals surface area contributed by atoms with E-state index in [1.165, 1.54) is 0 Å². The minimum atomic E-state index is -0.556. The lowest BCUT2D eigenvalue weighted by atomic mass is 10.2. The molecule has 0 spiro atoms. The number of amides is 1. The van der Waals surface area contributed by atoms with E-state index in [4.69, 9.17) is 25.5 Å². The van der Waals surface area contributed by atoms with Crippen molar-refractivity contribution in [2.45, 2.75) is 19.8 Å². The molecule has 0 aliphatic heterocycles. The van der Waals surface area contributed by atoms with E-state index in [1.807, 2.05) is 19.1 Å². The minimum absolute atomic E-state index is 0.00883. The number of hydrogen-bond acceptors (Lipinski definition) is 6. The molecule has 1 heterocycles. The molecule has 7 nitrogen and oxygen atoms in total. The maximum absolute atomic E-state index is 12.1. The number of furan rings is 1. The quantitative estimate of drug-likeness (QED) is 0.417. The number of nitrogens with one attached hydrogen (secondary N) is 1. The first-order chi connectivity index (χ1) is 14.5. The molecule has 1 N–H and O–H groups in total. The molecule has 0 atom stereocenters. The van der Waals surface area contributed by atoms with Crippen LogP contribution in [0.2, 0.25) is 5.02 Å². The Hall–Kier alpha value is -3.50. The van der Waals surface area contributed by atoms with Crippen molar-refractivity contribution in [3.8, 4) is 11.8 Å². The second kappa shape index (κ2) is 9.81. The molecule has 0 radical (unpaired) electrons. The molecule has 0 aliphatic rings. The summed E-state index contributed by atoms with van der Waals surface area (Å²) >= 11 is 5.96. The molecule has 0 aliphatic carbocycles. The van der Waals surface area contributed by atoms with Gasteiger partial charge >= 0.3 is 5.97 Å². The van der Waals surface area contributed by atoms with Crippen LogP contribution in [0.5, 0.6) is 5.75 Å². The van der Waals surface area contributed by atoms with Crippen molar-refractivity contribution < 1.29 is 23.5 Å². The number of nitrogens with zero attached hydrogens (tertiary/aromatic N) is 1. The van der Waals surface area contributed by atoms with Crippen LogP contribution >= 0.6 is 11.6 Å². The Balaban J connectivity index is 1.42. The van der Waals surface area contributed by atoms with Crippen LogP contribution in [0.15, 0.2) is 46.9 Å². The van der Waals surface area contributed by atoms with Gasteiger partial charge in [-0.05, 0) is 49.2 Å². The summed E-state index contributed by atoms with van der Waals surface area (Å²) in [5.74, 6) is -0.409. The summed E-state index contributed by atoms with van der Waals surface area (Å²) < 4.78 is 15.9. The number of fused-ring (bicyclic) bond motifs is 1. The third-order valence-corrected chi connectivity index (χ3v) is 4.67. The van der Waals surface area contributed by atoms with Gasteiger partial charge in [-0.3, -0.25) is 9.59 Å². The van der Waals surface area contributed by atoms with Crippen LogP contribution in [-0.4, -0.2) is 25.1 Å². The molecular weight excluding hydrogens is 408 g/mol. The fraction of sp³-hybridized carbons (Fsp3) is 0.227. The third-order valence-electron chi connectivity index (χ3n) is 4.25. The maximum Gasteiger partial charge on any atom is 0.306 e. The van der Waals surface area contributed by atoms with Crippen LogP contribution in [0.25, 0.3) is 11.0 Å². The Kier molecular flexibility index (Phi) is 6.94. The van der Waals surface area contributed by atoms with E-state index in [1.54, 1.807) is 36.4 Å². The van der Waals surface area contributed by atoms with Gasteiger partial charge in [0.25, 0.3) is 5.91 Å². The second-order valence-electron chi connectivity index (χ2n) is 6.49. The number of halogens is 1. The molecule has 2 aromatic carbocycles. The smallest absolute Gasteiger partial charge is 0.306 e. The molecule has 154 valence electrons. The highest BCUT2D eigenvalue weighted by atomic mass is 35.5. The zero-order valence-electron chi connectivity index (χ0n) is 16.2. The first-order valence-electron chi connectivity index (χ1n) is 9.24. The fourth-order valence-corrected chi connectivity index (χ4v) is 2.87. The monoisotopic (exact) mass is 426 g/mol. The number of aryl methyl sites for hydroxylation is 1. The zero-order chi connectivity index (χ0) is 21.5. The summed E-state index contributed by atoms with van der Waals surface area (Å²) in [4.78, 5) is 24.0. The van der Waals surface area contributed by atoms with Gasteiger partial charge in [-0.25, -0.2) is 0 Å². The summed E-state index contributed by atoms with van der Waals surface area (Å²) in [6.07, 6.45) is 0.547. The molecule has 0 saturated carbocycles. The van der Waals surface area contributed by atoms with Crippen molar-refractivity contribution in [1.29, 1.82) is 5.26 Å². The normalized spacial score (nSPS) is 10.4. The number of nitriles is 1. The summed E-state index contributed by atoms with van der Waals surface area (Å²) in [5.41, 5.74) is 1.66. The zero-order valence-corrected chi connectivity index (χ0v) is 17.0. The van der Waals surface area contributed by atoms with Gasteiger partial charge in [-0.2, -0.15) is 5.26 Å². The number of ether oxygens (including phenoxy) is 2. The van der Waals surface area contributed by atoms with Crippen molar-refractivity contribution in [2.75, 3.05) is 18.5 Å². The van der Waals surface area contributed by atoms with E-state index in [0.29, 0.717) is 34.8 Å². The van der Waals surface area contributed by atoms with Crippen LogP contribution in [0.3, 0.4) is 0 Å². The number of para-hydroxylation sites is 1. The van der Waals surface area contributed by atoms with Crippen LogP contribution in [0, 0.1) is 18.3 Å². The predicted molar refractivity (Wildman–Crippen MR) is 111 cm³/mol. The van der Waals surface area contributed by atoms with Gasteiger partial charge in [0.15, 0.2) is 6.61 Å². The summed E-state index contributed by atoms with van der Waals surface area (Å²) in [5, 5.41) is 13.0. The van der Waals surface area contributed by atoms with Gasteiger partial charge < -0.3 is 19.2 Å². The first kappa shape index (κ1) is 21.2. The molecule has 0 bridgehead atoms. The maximum atomic E-state index is 12.1. The van der Waals surface area contributed by atoms with E-state index < -0.39 is 18.5 Å². The fourth-order valence-electron chi connectivity index (χ4n) is 2.76. The molecule has 30 heavy (non-hydrogen) atoms. The topological polar surface area (TPSA) is 102 Å². The minimum Gasteiger partial charge on any atom is -0.494 e. The van der Waals surface area contributed by atoms with E-state index >= 15 is 0 Å². The highest BCUT2D eigenvalue weighted by Gasteiger charge is 2.17. The van der Waals surface area contributed by atoms with Crippen molar-refractivity contribution in [3.05, 3.63) is 58.8 Å². The summed E-state index contributed by atoms with van der Waals surface area (Å²) in [7, 11) is 0. The van der Waals surface area contributed by atoms with Crippen LogP contribution in [-0.2, 0) is 14.3 Å². The molecule has 0 saturated heterocycles. The van der Waals surface area contributed by atoms with Gasteiger partial charge in [0, 0.05) is 16.8 Å². The van der Waals surface area contributed by atoms with Gasteiger partial charge in [-0.15, -0.1) is 0 Å². The van der Waals surface area contributed by atoms with Crippen LogP contribution < -0.4 is 10.1 Å². The highest BCUT2D eigenvalue weighted by Crippen LogP contribution is 2.30. The largest absolute Gasteiger partial charge is 0.494 e. The van der Waals surface area contributed by atoms with Crippen molar-refractivity contribution in [3.63, 3.8) is 0 Å². The molecule has 3 rings (SSSR count). The molecule has 8 heteroatoms. The van der Waals surface area contributed by atoms with Crippen molar-refractivity contribution in [1.82, 2.24) is 0 Å². The number of carbonyl (C=O) groups excluding carboxylic acids is 2. The van der Waals surface area contributed by atoms with Crippen LogP contribution in [0.1, 0.15) is 24.2 Å². The number of carbonyl (C=O) groups is 2. The third kappa shape index (κ3) is 5.31. The average Bonchev–Trinajstić information content (AvgIpc) is 3.09. The Morgan fingerprint density at radius 1 is 1.23 bits per heavy atom. The lowest BCUT2D eigenvalue weighted by Gasteiger charge is -2.08. The standard InChI is InChI=1S/C22H19ClN2O5/c1-14-11-15(8-9-17(14)23)28-10-4-7-21(27)29-13-20(26)25-22-16-5-2-3-6-18(16)30-19(22)12-24/h2-3,5-6,8-9,11H,4,7,10,13H2,1H3,(H,25,26). The van der Waals surface area contributed by atoms with Crippen LogP contribution in [0.4, 0.5) is 5.69 Å². The van der Waals surface area contributed by atoms with E-state index in [2.05, 4.69) is 5.32 Å². The number of anilines is 1. The molecule has 0 unspecified atom stereocenters. The van der Waals surface area contributed by atoms with Gasteiger partial charge in [0.1, 0.15) is 23.1 Å². The number of esters is 1. The lowest BCUT2D eigenvalue weighted by molar-refractivity contribution is -0.147. The van der Waals surface area contributed by atoms with E-state index in [-0.39, 0.29) is 17.9 Å².